The first kappa shape index (κ1) is 16.5. The van der Waals surface area contributed by atoms with Gasteiger partial charge in [0.2, 0.25) is 0 Å². The van der Waals surface area contributed by atoms with Crippen molar-refractivity contribution in [3.8, 4) is 0 Å². The van der Waals surface area contributed by atoms with Crippen LogP contribution in [0.3, 0.4) is 0 Å². The normalized spacial score (nSPS) is 20.2. The van der Waals surface area contributed by atoms with Gasteiger partial charge >= 0.3 is 0 Å². The molecule has 0 aromatic carbocycles. The highest BCUT2D eigenvalue weighted by Gasteiger charge is 2.31. The van der Waals surface area contributed by atoms with Gasteiger partial charge in [-0.3, -0.25) is 4.90 Å². The van der Waals surface area contributed by atoms with Gasteiger partial charge in [-0.2, -0.15) is 0 Å². The highest BCUT2D eigenvalue weighted by Crippen LogP contribution is 2.36. The fourth-order valence-corrected chi connectivity index (χ4v) is 5.06. The maximum Gasteiger partial charge on any atom is 0.0596 e. The van der Waals surface area contributed by atoms with Crippen molar-refractivity contribution in [1.82, 2.24) is 4.90 Å². The average molecular weight is 359 g/mol. The van der Waals surface area contributed by atoms with Gasteiger partial charge in [0.25, 0.3) is 0 Å². The molecule has 1 saturated carbocycles. The van der Waals surface area contributed by atoms with Crippen LogP contribution in [0, 0.1) is 0 Å². The molecule has 2 unspecified atom stereocenters. The Bertz CT molecular complexity index is 401. The first-order valence-corrected chi connectivity index (χ1v) is 9.59. The Balaban J connectivity index is 2.23. The van der Waals surface area contributed by atoms with Gasteiger partial charge in [0.05, 0.1) is 6.04 Å². The van der Waals surface area contributed by atoms with Gasteiger partial charge in [0.15, 0.2) is 0 Å². The molecule has 0 bridgehead atoms. The van der Waals surface area contributed by atoms with E-state index in [0.29, 0.717) is 6.04 Å². The van der Waals surface area contributed by atoms with E-state index < -0.39 is 0 Å². The number of thiophene rings is 1. The molecule has 2 nitrogen and oxygen atoms in total. The van der Waals surface area contributed by atoms with E-state index >= 15 is 0 Å². The van der Waals surface area contributed by atoms with Crippen molar-refractivity contribution in [2.24, 2.45) is 5.73 Å². The van der Waals surface area contributed by atoms with E-state index in [1.165, 1.54) is 41.5 Å². The van der Waals surface area contributed by atoms with Crippen molar-refractivity contribution >= 4 is 27.3 Å². The molecule has 2 N–H and O–H groups in total. The zero-order chi connectivity index (χ0) is 14.5. The molecule has 114 valence electrons. The van der Waals surface area contributed by atoms with Crippen LogP contribution in [-0.2, 0) is 0 Å². The van der Waals surface area contributed by atoms with Crippen LogP contribution < -0.4 is 5.73 Å². The molecule has 2 rings (SSSR count). The average Bonchev–Trinajstić information content (AvgIpc) is 2.90. The maximum absolute atomic E-state index is 6.49. The van der Waals surface area contributed by atoms with E-state index in [9.17, 15) is 0 Å². The van der Waals surface area contributed by atoms with E-state index in [4.69, 9.17) is 5.73 Å². The van der Waals surface area contributed by atoms with E-state index in [0.717, 1.165) is 19.0 Å². The number of hydrogen-bond donors (Lipinski definition) is 1. The molecule has 0 aliphatic heterocycles. The third kappa shape index (κ3) is 3.85. The molecule has 4 heteroatoms. The minimum Gasteiger partial charge on any atom is -0.326 e. The second-order valence-electron chi connectivity index (χ2n) is 5.81. The van der Waals surface area contributed by atoms with Crippen molar-refractivity contribution in [1.29, 1.82) is 0 Å². The molecule has 1 aliphatic carbocycles. The lowest BCUT2D eigenvalue weighted by Crippen LogP contribution is -2.46. The van der Waals surface area contributed by atoms with Crippen molar-refractivity contribution in [3.63, 3.8) is 0 Å². The van der Waals surface area contributed by atoms with E-state index in [1.54, 1.807) is 0 Å². The number of nitrogens with zero attached hydrogens (tertiary/aromatic N) is 1. The summed E-state index contributed by atoms with van der Waals surface area (Å²) in [5, 5.41) is 2.18. The lowest BCUT2D eigenvalue weighted by Gasteiger charge is -2.41. The van der Waals surface area contributed by atoms with E-state index in [1.807, 2.05) is 11.3 Å². The predicted octanol–water partition coefficient (Wildman–Crippen LogP) is 4.94. The van der Waals surface area contributed by atoms with Crippen molar-refractivity contribution in [2.75, 3.05) is 6.54 Å². The van der Waals surface area contributed by atoms with Crippen LogP contribution in [0.4, 0.5) is 0 Å². The van der Waals surface area contributed by atoms with Crippen LogP contribution in [0.5, 0.6) is 0 Å². The first-order valence-electron chi connectivity index (χ1n) is 7.92. The Morgan fingerprint density at radius 3 is 2.55 bits per heavy atom. The molecule has 0 amide bonds. The monoisotopic (exact) mass is 358 g/mol. The van der Waals surface area contributed by atoms with Crippen molar-refractivity contribution < 1.29 is 0 Å². The molecule has 1 heterocycles. The number of rotatable bonds is 6. The summed E-state index contributed by atoms with van der Waals surface area (Å²) in [5.74, 6) is 0. The minimum atomic E-state index is 0.224. The molecular weight excluding hydrogens is 332 g/mol. The topological polar surface area (TPSA) is 29.3 Å². The molecule has 20 heavy (non-hydrogen) atoms. The number of halogens is 1. The summed E-state index contributed by atoms with van der Waals surface area (Å²) in [7, 11) is 0. The summed E-state index contributed by atoms with van der Waals surface area (Å²) in [6.45, 7) is 5.58. The van der Waals surface area contributed by atoms with Crippen LogP contribution in [0.2, 0.25) is 0 Å². The summed E-state index contributed by atoms with van der Waals surface area (Å²) >= 11 is 5.43. The van der Waals surface area contributed by atoms with Crippen LogP contribution >= 0.6 is 27.3 Å². The molecule has 1 fully saturated rings. The smallest absolute Gasteiger partial charge is 0.0596 e. The third-order valence-corrected chi connectivity index (χ3v) is 6.29. The van der Waals surface area contributed by atoms with Gasteiger partial charge in [-0.25, -0.2) is 0 Å². The van der Waals surface area contributed by atoms with E-state index in [2.05, 4.69) is 46.1 Å². The predicted molar refractivity (Wildman–Crippen MR) is 92.3 cm³/mol. The van der Waals surface area contributed by atoms with Gasteiger partial charge in [0, 0.05) is 26.8 Å². The fraction of sp³-hybridized carbons (Fsp3) is 0.750. The Kier molecular flexibility index (Phi) is 6.53. The molecule has 0 saturated heterocycles. The van der Waals surface area contributed by atoms with Gasteiger partial charge in [0.1, 0.15) is 0 Å². The Hall–Kier alpha value is 0.1000. The van der Waals surface area contributed by atoms with Crippen LogP contribution in [0.15, 0.2) is 15.9 Å². The highest BCUT2D eigenvalue weighted by molar-refractivity contribution is 9.10. The van der Waals surface area contributed by atoms with Gasteiger partial charge in [-0.05, 0) is 47.8 Å². The molecule has 1 aromatic heterocycles. The molecule has 0 spiro atoms. The molecule has 1 aromatic rings. The Morgan fingerprint density at radius 2 is 2.05 bits per heavy atom. The molecular formula is C16H27BrN2S. The molecule has 2 atom stereocenters. The lowest BCUT2D eigenvalue weighted by molar-refractivity contribution is 0.0950. The zero-order valence-corrected chi connectivity index (χ0v) is 15.0. The summed E-state index contributed by atoms with van der Waals surface area (Å²) < 4.78 is 1.19. The number of nitrogens with two attached hydrogens (primary N) is 1. The van der Waals surface area contributed by atoms with Crippen LogP contribution in [-0.4, -0.2) is 23.5 Å². The summed E-state index contributed by atoms with van der Waals surface area (Å²) in [6, 6.07) is 3.58. The highest BCUT2D eigenvalue weighted by atomic mass is 79.9. The largest absolute Gasteiger partial charge is 0.326 e. The molecule has 0 radical (unpaired) electrons. The lowest BCUT2D eigenvalue weighted by atomic mass is 9.91. The van der Waals surface area contributed by atoms with Crippen molar-refractivity contribution in [2.45, 2.75) is 70.5 Å². The van der Waals surface area contributed by atoms with Gasteiger partial charge < -0.3 is 5.73 Å². The summed E-state index contributed by atoms with van der Waals surface area (Å²) in [4.78, 5) is 4.09. The molecule has 1 aliphatic rings. The van der Waals surface area contributed by atoms with E-state index in [-0.39, 0.29) is 6.04 Å². The SMILES string of the molecule is CCC(N)C(c1cc(Br)cs1)N(CC)C1CCCCC1. The van der Waals surface area contributed by atoms with Crippen LogP contribution in [0.1, 0.15) is 63.3 Å². The van der Waals surface area contributed by atoms with Crippen molar-refractivity contribution in [3.05, 3.63) is 20.8 Å². The Morgan fingerprint density at radius 1 is 1.35 bits per heavy atom. The zero-order valence-electron chi connectivity index (χ0n) is 12.6. The summed E-state index contributed by atoms with van der Waals surface area (Å²) in [6.07, 6.45) is 7.87. The Labute approximate surface area is 135 Å². The maximum atomic E-state index is 6.49. The quantitative estimate of drug-likeness (QED) is 0.779. The third-order valence-electron chi connectivity index (χ3n) is 4.52. The van der Waals surface area contributed by atoms with Gasteiger partial charge in [-0.15, -0.1) is 11.3 Å². The van der Waals surface area contributed by atoms with Crippen LogP contribution in [0.25, 0.3) is 0 Å². The standard InChI is InChI=1S/C16H27BrN2S/c1-3-14(18)16(15-10-12(17)11-20-15)19(4-2)13-8-6-5-7-9-13/h10-11,13-14,16H,3-9,18H2,1-2H3. The second-order valence-corrected chi connectivity index (χ2v) is 7.66. The first-order chi connectivity index (χ1) is 9.67. The fourth-order valence-electron chi connectivity index (χ4n) is 3.42. The number of likely N-dealkylation sites (N-methyl/N-ethyl adjacent to an activating group) is 1. The summed E-state index contributed by atoms with van der Waals surface area (Å²) in [5.41, 5.74) is 6.49. The second kappa shape index (κ2) is 7.92. The van der Waals surface area contributed by atoms with Gasteiger partial charge in [-0.1, -0.05) is 33.1 Å². The number of hydrogen-bond acceptors (Lipinski definition) is 3. The minimum absolute atomic E-state index is 0.224.